The van der Waals surface area contributed by atoms with E-state index >= 15 is 0 Å². The minimum atomic E-state index is -0.663. The van der Waals surface area contributed by atoms with Crippen molar-refractivity contribution >= 4 is 22.5 Å². The Morgan fingerprint density at radius 3 is 2.78 bits per heavy atom. The lowest BCUT2D eigenvalue weighted by Crippen LogP contribution is -2.35. The normalized spacial score (nSPS) is 15.8. The van der Waals surface area contributed by atoms with Crippen LogP contribution in [0.1, 0.15) is 24.0 Å². The predicted octanol–water partition coefficient (Wildman–Crippen LogP) is 4.44. The number of fused-ring (bicyclic) bond motifs is 1. The summed E-state index contributed by atoms with van der Waals surface area (Å²) in [4.78, 5) is 20.6. The molecule has 0 saturated carbocycles. The largest absolute Gasteiger partial charge is 0.508 e. The summed E-state index contributed by atoms with van der Waals surface area (Å²) in [5.41, 5.74) is 3.60. The molecule has 1 atom stereocenters. The first-order valence-corrected chi connectivity index (χ1v) is 12.3. The molecule has 1 aliphatic heterocycles. The summed E-state index contributed by atoms with van der Waals surface area (Å²) >= 11 is 6.38. The van der Waals surface area contributed by atoms with Gasteiger partial charge in [-0.15, -0.1) is 0 Å². The highest BCUT2D eigenvalue weighted by Gasteiger charge is 2.21. The summed E-state index contributed by atoms with van der Waals surface area (Å²) in [6.07, 6.45) is 5.51. The zero-order valence-electron chi connectivity index (χ0n) is 20.1. The van der Waals surface area contributed by atoms with Crippen LogP contribution < -0.4 is 10.9 Å². The molecule has 0 radical (unpaired) electrons. The molecule has 4 aromatic rings. The van der Waals surface area contributed by atoms with Crippen molar-refractivity contribution in [3.05, 3.63) is 81.1 Å². The number of aromatic hydroxyl groups is 1. The molecule has 7 nitrogen and oxygen atoms in total. The monoisotopic (exact) mass is 507 g/mol. The summed E-state index contributed by atoms with van der Waals surface area (Å²) in [6.45, 7) is 4.30. The maximum absolute atomic E-state index is 14.0. The molecule has 2 aromatic carbocycles. The third-order valence-corrected chi connectivity index (χ3v) is 6.72. The fourth-order valence-electron chi connectivity index (χ4n) is 4.97. The molecule has 1 aliphatic rings. The number of phenolic OH excluding ortho intramolecular Hbond substituents is 1. The zero-order chi connectivity index (χ0) is 25.4. The Kier molecular flexibility index (Phi) is 6.75. The number of aromatic nitrogens is 3. The third kappa shape index (κ3) is 4.97. The number of likely N-dealkylation sites (N-methyl/N-ethyl adjacent to an activating group) is 1. The van der Waals surface area contributed by atoms with Gasteiger partial charge in [-0.3, -0.25) is 9.78 Å². The van der Waals surface area contributed by atoms with Gasteiger partial charge in [0.25, 0.3) is 5.56 Å². The molecule has 0 bridgehead atoms. The van der Waals surface area contributed by atoms with Gasteiger partial charge in [-0.25, -0.2) is 4.39 Å². The van der Waals surface area contributed by atoms with Gasteiger partial charge in [-0.1, -0.05) is 17.7 Å². The minimum absolute atomic E-state index is 0.137. The topological polar surface area (TPSA) is 83.3 Å². The quantitative estimate of drug-likeness (QED) is 0.401. The van der Waals surface area contributed by atoms with Crippen LogP contribution >= 0.6 is 11.6 Å². The van der Waals surface area contributed by atoms with E-state index < -0.39 is 11.4 Å². The van der Waals surface area contributed by atoms with Crippen molar-refractivity contribution < 1.29 is 9.50 Å². The average Bonchev–Trinajstić information content (AvgIpc) is 3.31. The van der Waals surface area contributed by atoms with Crippen LogP contribution in [0.5, 0.6) is 5.75 Å². The van der Waals surface area contributed by atoms with Crippen LogP contribution in [0.25, 0.3) is 27.7 Å². The molecule has 2 aromatic heterocycles. The molecular weight excluding hydrogens is 481 g/mol. The Balaban J connectivity index is 1.71. The number of hydrogen-bond acceptors (Lipinski definition) is 6. The van der Waals surface area contributed by atoms with E-state index in [2.05, 4.69) is 20.3 Å². The maximum Gasteiger partial charge on any atom is 0.281 e. The van der Waals surface area contributed by atoms with E-state index in [0.717, 1.165) is 65.0 Å². The van der Waals surface area contributed by atoms with Crippen LogP contribution in [0, 0.1) is 12.7 Å². The summed E-state index contributed by atoms with van der Waals surface area (Å²) in [7, 11) is 2.03. The Morgan fingerprint density at radius 1 is 1.22 bits per heavy atom. The van der Waals surface area contributed by atoms with Gasteiger partial charge in [0.1, 0.15) is 11.6 Å². The van der Waals surface area contributed by atoms with E-state index in [0.29, 0.717) is 28.5 Å². The highest BCUT2D eigenvalue weighted by atomic mass is 35.5. The molecule has 5 rings (SSSR count). The first kappa shape index (κ1) is 24.4. The number of aryl methyl sites for hydroxylation is 1. The van der Waals surface area contributed by atoms with Crippen LogP contribution in [-0.4, -0.2) is 50.9 Å². The summed E-state index contributed by atoms with van der Waals surface area (Å²) < 4.78 is 15.1. The SMILES string of the molecule is Cc1cc(Cl)cc(-c2cnc3cnn(-c4cc(O)cc(F)c4)c(=O)c3c2CN(C)C[C@@H]2CCCN2)c1. The lowest BCUT2D eigenvalue weighted by Gasteiger charge is -2.23. The standard InChI is InChI=1S/C27H27ClFN5O2/c1-16-6-17(8-18(28)7-16)23-12-31-25-13-32-34(21-9-19(29)10-22(35)11-21)27(36)26(25)24(23)15-33(2)14-20-4-3-5-30-20/h6-13,20,30,35H,3-5,14-15H2,1-2H3/t20-/m0/s1. The molecule has 0 unspecified atom stereocenters. The zero-order valence-corrected chi connectivity index (χ0v) is 20.9. The molecule has 0 amide bonds. The predicted molar refractivity (Wildman–Crippen MR) is 139 cm³/mol. The summed E-state index contributed by atoms with van der Waals surface area (Å²) in [6, 6.07) is 9.60. The average molecular weight is 508 g/mol. The number of hydrogen-bond donors (Lipinski definition) is 2. The van der Waals surface area contributed by atoms with Crippen LogP contribution in [0.4, 0.5) is 4.39 Å². The molecule has 2 N–H and O–H groups in total. The number of phenols is 1. The Labute approximate surface area is 213 Å². The van der Waals surface area contributed by atoms with Crippen molar-refractivity contribution in [2.24, 2.45) is 0 Å². The van der Waals surface area contributed by atoms with E-state index in [1.54, 1.807) is 6.20 Å². The van der Waals surface area contributed by atoms with Crippen LogP contribution in [0.2, 0.25) is 5.02 Å². The Hall–Kier alpha value is -3.33. The van der Waals surface area contributed by atoms with Crippen molar-refractivity contribution in [3.63, 3.8) is 0 Å². The third-order valence-electron chi connectivity index (χ3n) is 6.50. The van der Waals surface area contributed by atoms with E-state index in [4.69, 9.17) is 11.6 Å². The van der Waals surface area contributed by atoms with Gasteiger partial charge in [0.05, 0.1) is 22.8 Å². The Morgan fingerprint density at radius 2 is 2.06 bits per heavy atom. The first-order chi connectivity index (χ1) is 17.3. The summed E-state index contributed by atoms with van der Waals surface area (Å²) in [5.74, 6) is -0.951. The molecule has 1 saturated heterocycles. The number of halogens is 2. The second-order valence-corrected chi connectivity index (χ2v) is 9.88. The van der Waals surface area contributed by atoms with Crippen molar-refractivity contribution in [3.8, 4) is 22.6 Å². The smallest absolute Gasteiger partial charge is 0.281 e. The van der Waals surface area contributed by atoms with Gasteiger partial charge in [-0.2, -0.15) is 9.78 Å². The molecule has 9 heteroatoms. The molecule has 186 valence electrons. The molecule has 3 heterocycles. The highest BCUT2D eigenvalue weighted by molar-refractivity contribution is 6.31. The Bertz CT molecular complexity index is 1450. The van der Waals surface area contributed by atoms with Crippen molar-refractivity contribution in [1.29, 1.82) is 0 Å². The van der Waals surface area contributed by atoms with E-state index in [1.165, 1.54) is 12.3 Å². The van der Waals surface area contributed by atoms with Gasteiger partial charge in [0, 0.05) is 48.0 Å². The van der Waals surface area contributed by atoms with Crippen LogP contribution in [0.15, 0.2) is 53.6 Å². The molecular formula is C27H27ClFN5O2. The van der Waals surface area contributed by atoms with Crippen LogP contribution in [0.3, 0.4) is 0 Å². The van der Waals surface area contributed by atoms with E-state index in [-0.39, 0.29) is 11.4 Å². The van der Waals surface area contributed by atoms with Gasteiger partial charge < -0.3 is 15.3 Å². The number of nitrogens with zero attached hydrogens (tertiary/aromatic N) is 4. The summed E-state index contributed by atoms with van der Waals surface area (Å²) in [5, 5.41) is 18.6. The van der Waals surface area contributed by atoms with Crippen molar-refractivity contribution in [1.82, 2.24) is 25.0 Å². The van der Waals surface area contributed by atoms with E-state index in [9.17, 15) is 14.3 Å². The lowest BCUT2D eigenvalue weighted by atomic mass is 9.97. The second-order valence-electron chi connectivity index (χ2n) is 9.45. The fraction of sp³-hybridized carbons (Fsp3) is 0.296. The van der Waals surface area contributed by atoms with E-state index in [1.807, 2.05) is 32.2 Å². The highest BCUT2D eigenvalue weighted by Crippen LogP contribution is 2.31. The second kappa shape index (κ2) is 9.97. The minimum Gasteiger partial charge on any atom is -0.508 e. The molecule has 1 fully saturated rings. The lowest BCUT2D eigenvalue weighted by molar-refractivity contribution is 0.294. The number of pyridine rings is 1. The first-order valence-electron chi connectivity index (χ1n) is 11.9. The maximum atomic E-state index is 14.0. The van der Waals surface area contributed by atoms with Gasteiger partial charge in [0.2, 0.25) is 0 Å². The van der Waals surface area contributed by atoms with Gasteiger partial charge in [0.15, 0.2) is 0 Å². The number of rotatable bonds is 6. The van der Waals surface area contributed by atoms with Crippen molar-refractivity contribution in [2.75, 3.05) is 20.1 Å². The molecule has 0 aliphatic carbocycles. The van der Waals surface area contributed by atoms with Gasteiger partial charge in [-0.05, 0) is 68.2 Å². The fourth-order valence-corrected chi connectivity index (χ4v) is 5.26. The van der Waals surface area contributed by atoms with Crippen molar-refractivity contribution in [2.45, 2.75) is 32.4 Å². The number of benzene rings is 2. The molecule has 36 heavy (non-hydrogen) atoms. The van der Waals surface area contributed by atoms with Crippen LogP contribution in [-0.2, 0) is 6.54 Å². The van der Waals surface area contributed by atoms with Gasteiger partial charge >= 0.3 is 0 Å². The number of nitrogens with one attached hydrogen (secondary N) is 1. The molecule has 0 spiro atoms.